The van der Waals surface area contributed by atoms with E-state index < -0.39 is 5.82 Å². The Morgan fingerprint density at radius 1 is 1.06 bits per heavy atom. The molecule has 5 aromatic rings. The number of nitrogens with zero attached hydrogens (tertiary/aromatic N) is 10. The summed E-state index contributed by atoms with van der Waals surface area (Å²) in [6.45, 7) is 3.86. The number of piperidine rings is 1. The van der Waals surface area contributed by atoms with Crippen molar-refractivity contribution in [2.45, 2.75) is 32.1 Å². The number of nitrogens with one attached hydrogen (secondary N) is 1. The number of rotatable bonds is 6. The molecule has 0 unspecified atom stereocenters. The van der Waals surface area contributed by atoms with Gasteiger partial charge in [-0.15, -0.1) is 5.10 Å². The number of benzene rings is 1. The third-order valence-electron chi connectivity index (χ3n) is 6.56. The maximum atomic E-state index is 14.7. The van der Waals surface area contributed by atoms with Gasteiger partial charge in [0.25, 0.3) is 0 Å². The molecule has 0 aliphatic carbocycles. The fourth-order valence-corrected chi connectivity index (χ4v) is 4.58. The average Bonchev–Trinajstić information content (AvgIpc) is 3.60. The first-order valence-corrected chi connectivity index (χ1v) is 11.9. The van der Waals surface area contributed by atoms with Gasteiger partial charge in [0.1, 0.15) is 12.0 Å². The zero-order chi connectivity index (χ0) is 24.5. The Morgan fingerprint density at radius 3 is 2.61 bits per heavy atom. The first kappa shape index (κ1) is 22.0. The van der Waals surface area contributed by atoms with Crippen molar-refractivity contribution >= 4 is 23.1 Å². The van der Waals surface area contributed by atoms with E-state index in [1.165, 1.54) is 17.1 Å². The van der Waals surface area contributed by atoms with Crippen molar-refractivity contribution in [3.63, 3.8) is 0 Å². The first-order chi connectivity index (χ1) is 17.7. The lowest BCUT2D eigenvalue weighted by molar-refractivity contribution is 0.488. The normalized spacial score (nSPS) is 14.4. The van der Waals surface area contributed by atoms with E-state index in [0.717, 1.165) is 49.6 Å². The van der Waals surface area contributed by atoms with E-state index in [1.54, 1.807) is 18.3 Å². The van der Waals surface area contributed by atoms with Gasteiger partial charge in [0.15, 0.2) is 17.3 Å². The summed E-state index contributed by atoms with van der Waals surface area (Å²) < 4.78 is 18.0. The molecule has 0 saturated carbocycles. The molecule has 6 rings (SSSR count). The molecule has 0 bridgehead atoms. The highest BCUT2D eigenvalue weighted by Gasteiger charge is 2.25. The van der Waals surface area contributed by atoms with Gasteiger partial charge in [0, 0.05) is 61.4 Å². The highest BCUT2D eigenvalue weighted by atomic mass is 19.1. The molecule has 1 aliphatic heterocycles. The molecule has 1 aliphatic rings. The molecule has 5 heterocycles. The largest absolute Gasteiger partial charge is 0.341 e. The van der Waals surface area contributed by atoms with E-state index in [2.05, 4.69) is 57.0 Å². The van der Waals surface area contributed by atoms with E-state index in [4.69, 9.17) is 0 Å². The van der Waals surface area contributed by atoms with Gasteiger partial charge in [0.05, 0.1) is 0 Å². The minimum absolute atomic E-state index is 0.262. The van der Waals surface area contributed by atoms with Crippen LogP contribution in [0.2, 0.25) is 0 Å². The molecule has 0 radical (unpaired) electrons. The molecule has 36 heavy (non-hydrogen) atoms. The van der Waals surface area contributed by atoms with Gasteiger partial charge in [-0.2, -0.15) is 4.68 Å². The van der Waals surface area contributed by atoms with Gasteiger partial charge in [-0.25, -0.2) is 24.3 Å². The summed E-state index contributed by atoms with van der Waals surface area (Å²) in [6.07, 6.45) is 13.6. The van der Waals surface area contributed by atoms with Crippen molar-refractivity contribution in [2.75, 3.05) is 23.3 Å². The maximum absolute atomic E-state index is 14.7. The van der Waals surface area contributed by atoms with E-state index in [9.17, 15) is 4.39 Å². The lowest BCUT2D eigenvalue weighted by atomic mass is 9.94. The van der Waals surface area contributed by atoms with Crippen LogP contribution in [0.4, 0.5) is 21.8 Å². The summed E-state index contributed by atoms with van der Waals surface area (Å²) in [5.74, 6) is 1.25. The van der Waals surface area contributed by atoms with Crippen molar-refractivity contribution in [3.8, 4) is 5.69 Å². The van der Waals surface area contributed by atoms with Crippen LogP contribution in [0.15, 0.2) is 55.5 Å². The second-order valence-corrected chi connectivity index (χ2v) is 8.70. The highest BCUT2D eigenvalue weighted by Crippen LogP contribution is 2.31. The molecular formula is C24H24FN11. The third-order valence-corrected chi connectivity index (χ3v) is 6.56. The van der Waals surface area contributed by atoms with E-state index in [1.807, 2.05) is 24.8 Å². The maximum Gasteiger partial charge on any atom is 0.225 e. The summed E-state index contributed by atoms with van der Waals surface area (Å²) in [5.41, 5.74) is 3.79. The van der Waals surface area contributed by atoms with Crippen LogP contribution < -0.4 is 10.2 Å². The van der Waals surface area contributed by atoms with Crippen molar-refractivity contribution in [1.29, 1.82) is 0 Å². The van der Waals surface area contributed by atoms with Crippen LogP contribution in [0.3, 0.4) is 0 Å². The van der Waals surface area contributed by atoms with Crippen LogP contribution in [0.1, 0.15) is 36.9 Å². The molecule has 1 fully saturated rings. The van der Waals surface area contributed by atoms with Crippen molar-refractivity contribution < 1.29 is 4.39 Å². The van der Waals surface area contributed by atoms with Gasteiger partial charge in [0.2, 0.25) is 5.95 Å². The Labute approximate surface area is 206 Å². The Hall–Kier alpha value is -4.48. The summed E-state index contributed by atoms with van der Waals surface area (Å²) >= 11 is 0. The van der Waals surface area contributed by atoms with Crippen LogP contribution >= 0.6 is 0 Å². The summed E-state index contributed by atoms with van der Waals surface area (Å²) in [6, 6.07) is 4.75. The molecule has 4 aromatic heterocycles. The van der Waals surface area contributed by atoms with E-state index in [0.29, 0.717) is 23.1 Å². The minimum Gasteiger partial charge on any atom is -0.341 e. The summed E-state index contributed by atoms with van der Waals surface area (Å²) in [4.78, 5) is 20.4. The van der Waals surface area contributed by atoms with Crippen LogP contribution in [0.5, 0.6) is 0 Å². The fourth-order valence-electron chi connectivity index (χ4n) is 4.58. The Kier molecular flexibility index (Phi) is 5.68. The SMILES string of the molecule is CCc1cnc(N2CCC(c3cnc4c(Nc5ccc(-n6cnnn6)c(F)c5)nccn34)CC2)nc1. The Balaban J connectivity index is 1.19. The zero-order valence-corrected chi connectivity index (χ0v) is 19.7. The first-order valence-electron chi connectivity index (χ1n) is 11.9. The quantitative estimate of drug-likeness (QED) is 0.387. The number of fused-ring (bicyclic) bond motifs is 1. The van der Waals surface area contributed by atoms with Gasteiger partial charge in [-0.05, 0) is 53.5 Å². The number of tetrazole rings is 1. The number of hydrogen-bond donors (Lipinski definition) is 1. The molecule has 0 spiro atoms. The van der Waals surface area contributed by atoms with Crippen LogP contribution in [-0.2, 0) is 6.42 Å². The zero-order valence-electron chi connectivity index (χ0n) is 19.7. The number of aryl methyl sites for hydroxylation is 1. The monoisotopic (exact) mass is 485 g/mol. The predicted octanol–water partition coefficient (Wildman–Crippen LogP) is 3.32. The number of aromatic nitrogens is 9. The standard InChI is InChI=1S/C24H24FN11/c1-2-16-12-28-24(29-13-16)34-8-5-17(6-9-34)21-14-27-23-22(26-7-10-35(21)23)31-18-3-4-20(19(25)11-18)36-15-30-32-33-36/h3-4,7,10-15,17H,2,5-6,8-9H2,1H3,(H,26,31). The number of anilines is 3. The van der Waals surface area contributed by atoms with Gasteiger partial charge < -0.3 is 10.2 Å². The molecule has 12 heteroatoms. The topological polar surface area (TPSA) is 115 Å². The molecule has 1 N–H and O–H groups in total. The van der Waals surface area contributed by atoms with Gasteiger partial charge in [-0.3, -0.25) is 4.40 Å². The summed E-state index contributed by atoms with van der Waals surface area (Å²) in [5, 5.41) is 14.0. The van der Waals surface area contributed by atoms with Crippen molar-refractivity contribution in [1.82, 2.24) is 44.5 Å². The van der Waals surface area contributed by atoms with E-state index >= 15 is 0 Å². The highest BCUT2D eigenvalue weighted by molar-refractivity contribution is 5.70. The number of halogens is 1. The summed E-state index contributed by atoms with van der Waals surface area (Å²) in [7, 11) is 0. The molecule has 1 aromatic carbocycles. The van der Waals surface area contributed by atoms with E-state index in [-0.39, 0.29) is 5.69 Å². The Morgan fingerprint density at radius 2 is 1.89 bits per heavy atom. The smallest absolute Gasteiger partial charge is 0.225 e. The van der Waals surface area contributed by atoms with Crippen LogP contribution in [0, 0.1) is 5.82 Å². The predicted molar refractivity (Wildman–Crippen MR) is 131 cm³/mol. The van der Waals surface area contributed by atoms with Crippen molar-refractivity contribution in [2.24, 2.45) is 0 Å². The molecule has 182 valence electrons. The second-order valence-electron chi connectivity index (χ2n) is 8.70. The van der Waals surface area contributed by atoms with Crippen LogP contribution in [0.25, 0.3) is 11.3 Å². The lowest BCUT2D eigenvalue weighted by Crippen LogP contribution is -2.34. The Bertz CT molecular complexity index is 1470. The molecule has 0 atom stereocenters. The average molecular weight is 486 g/mol. The van der Waals surface area contributed by atoms with Crippen molar-refractivity contribution in [3.05, 3.63) is 72.6 Å². The number of imidazole rings is 1. The minimum atomic E-state index is -0.455. The molecule has 0 amide bonds. The third kappa shape index (κ3) is 4.10. The van der Waals surface area contributed by atoms with Gasteiger partial charge in [-0.1, -0.05) is 6.92 Å². The fraction of sp³-hybridized carbons (Fsp3) is 0.292. The number of hydrogen-bond acceptors (Lipinski definition) is 9. The molecule has 11 nitrogen and oxygen atoms in total. The molecular weight excluding hydrogens is 461 g/mol. The lowest BCUT2D eigenvalue weighted by Gasteiger charge is -2.31. The molecule has 1 saturated heterocycles. The van der Waals surface area contributed by atoms with Gasteiger partial charge >= 0.3 is 0 Å². The second kappa shape index (κ2) is 9.29. The van der Waals surface area contributed by atoms with Crippen LogP contribution in [-0.4, -0.2) is 57.6 Å².